The number of aryl methyl sites for hydroxylation is 2. The lowest BCUT2D eigenvalue weighted by atomic mass is 10.1. The second kappa shape index (κ2) is 7.27. The Balaban J connectivity index is 1.85. The van der Waals surface area contributed by atoms with Crippen LogP contribution in [0.1, 0.15) is 16.7 Å². The minimum Gasteiger partial charge on any atom is -0.323 e. The summed E-state index contributed by atoms with van der Waals surface area (Å²) in [5.74, 6) is 0.487. The van der Waals surface area contributed by atoms with Gasteiger partial charge in [-0.25, -0.2) is 4.39 Å². The van der Waals surface area contributed by atoms with Crippen molar-refractivity contribution in [3.05, 3.63) is 65.0 Å². The Bertz CT molecular complexity index is 642. The number of nitrogens with one attached hydrogen (secondary N) is 1. The summed E-state index contributed by atoms with van der Waals surface area (Å²) in [6, 6.07) is 12.5. The molecule has 0 saturated heterocycles. The average molecular weight is 303 g/mol. The van der Waals surface area contributed by atoms with E-state index in [1.54, 1.807) is 18.2 Å². The van der Waals surface area contributed by atoms with Crippen LogP contribution in [0.15, 0.2) is 42.5 Å². The predicted octanol–water partition coefficient (Wildman–Crippen LogP) is 4.31. The van der Waals surface area contributed by atoms with Gasteiger partial charge in [-0.05, 0) is 37.1 Å². The highest BCUT2D eigenvalue weighted by atomic mass is 32.2. The molecule has 0 spiro atoms. The third-order valence-electron chi connectivity index (χ3n) is 3.14. The van der Waals surface area contributed by atoms with Gasteiger partial charge in [-0.15, -0.1) is 11.8 Å². The molecule has 0 saturated carbocycles. The Hall–Kier alpha value is -1.81. The molecular formula is C17H18FNOS. The third kappa shape index (κ3) is 4.60. The number of carbonyl (C=O) groups is 1. The molecule has 0 bridgehead atoms. The van der Waals surface area contributed by atoms with Crippen LogP contribution in [0.4, 0.5) is 10.1 Å². The fraction of sp³-hybridized carbons (Fsp3) is 0.235. The molecule has 0 aromatic heterocycles. The number of thioether (sulfide) groups is 1. The quantitative estimate of drug-likeness (QED) is 0.891. The summed E-state index contributed by atoms with van der Waals surface area (Å²) in [6.45, 7) is 4.12. The van der Waals surface area contributed by atoms with Crippen LogP contribution in [0.2, 0.25) is 0 Å². The molecule has 0 radical (unpaired) electrons. The lowest BCUT2D eigenvalue weighted by molar-refractivity contribution is -0.113. The van der Waals surface area contributed by atoms with Crippen molar-refractivity contribution in [3.63, 3.8) is 0 Å². The van der Waals surface area contributed by atoms with Gasteiger partial charge in [0.15, 0.2) is 0 Å². The summed E-state index contributed by atoms with van der Waals surface area (Å²) in [5, 5.41) is 2.59. The van der Waals surface area contributed by atoms with Crippen LogP contribution in [0.25, 0.3) is 0 Å². The summed E-state index contributed by atoms with van der Waals surface area (Å²) in [5.41, 5.74) is 3.91. The number of rotatable bonds is 5. The number of hydrogen-bond acceptors (Lipinski definition) is 2. The minimum atomic E-state index is -0.412. The van der Waals surface area contributed by atoms with Crippen molar-refractivity contribution >= 4 is 23.4 Å². The first-order valence-corrected chi connectivity index (χ1v) is 7.90. The van der Waals surface area contributed by atoms with E-state index in [-0.39, 0.29) is 11.6 Å². The molecule has 21 heavy (non-hydrogen) atoms. The van der Waals surface area contributed by atoms with E-state index in [1.165, 1.54) is 34.5 Å². The zero-order valence-electron chi connectivity index (χ0n) is 12.2. The number of hydrogen-bond donors (Lipinski definition) is 1. The topological polar surface area (TPSA) is 29.1 Å². The molecule has 0 aliphatic rings. The first-order valence-electron chi connectivity index (χ1n) is 6.74. The van der Waals surface area contributed by atoms with Gasteiger partial charge in [0.1, 0.15) is 5.82 Å². The number of anilines is 1. The van der Waals surface area contributed by atoms with Crippen molar-refractivity contribution in [3.8, 4) is 0 Å². The van der Waals surface area contributed by atoms with E-state index >= 15 is 0 Å². The molecule has 0 aliphatic carbocycles. The van der Waals surface area contributed by atoms with Crippen molar-refractivity contribution in [2.24, 2.45) is 0 Å². The number of benzene rings is 2. The smallest absolute Gasteiger partial charge is 0.234 e. The summed E-state index contributed by atoms with van der Waals surface area (Å²) in [6.07, 6.45) is 0. The molecule has 0 unspecified atom stereocenters. The van der Waals surface area contributed by atoms with Crippen LogP contribution >= 0.6 is 11.8 Å². The summed E-state index contributed by atoms with van der Waals surface area (Å²) in [4.78, 5) is 11.8. The SMILES string of the molecule is Cc1ccc(C)c(CSCC(=O)Nc2ccccc2F)c1. The van der Waals surface area contributed by atoms with Crippen molar-refractivity contribution in [2.75, 3.05) is 11.1 Å². The van der Waals surface area contributed by atoms with E-state index in [9.17, 15) is 9.18 Å². The van der Waals surface area contributed by atoms with Gasteiger partial charge in [-0.3, -0.25) is 4.79 Å². The van der Waals surface area contributed by atoms with Crippen LogP contribution < -0.4 is 5.32 Å². The second-order valence-electron chi connectivity index (χ2n) is 4.95. The molecule has 4 heteroatoms. The van der Waals surface area contributed by atoms with Gasteiger partial charge in [-0.1, -0.05) is 35.9 Å². The van der Waals surface area contributed by atoms with Gasteiger partial charge in [0, 0.05) is 5.75 Å². The van der Waals surface area contributed by atoms with Gasteiger partial charge in [0.2, 0.25) is 5.91 Å². The van der Waals surface area contributed by atoms with Gasteiger partial charge < -0.3 is 5.32 Å². The van der Waals surface area contributed by atoms with Gasteiger partial charge in [0.05, 0.1) is 11.4 Å². The van der Waals surface area contributed by atoms with Crippen LogP contribution in [-0.4, -0.2) is 11.7 Å². The van der Waals surface area contributed by atoms with E-state index in [0.717, 1.165) is 5.75 Å². The standard InChI is InChI=1S/C17H18FNOS/c1-12-7-8-13(2)14(9-12)10-21-11-17(20)19-16-6-4-3-5-15(16)18/h3-9H,10-11H2,1-2H3,(H,19,20). The van der Waals surface area contributed by atoms with Gasteiger partial charge >= 0.3 is 0 Å². The van der Waals surface area contributed by atoms with Crippen molar-refractivity contribution in [1.29, 1.82) is 0 Å². The molecule has 1 amide bonds. The van der Waals surface area contributed by atoms with E-state index in [4.69, 9.17) is 0 Å². The number of carbonyl (C=O) groups excluding carboxylic acids is 1. The van der Waals surface area contributed by atoms with Crippen LogP contribution in [0.3, 0.4) is 0 Å². The van der Waals surface area contributed by atoms with E-state index in [2.05, 4.69) is 37.4 Å². The Morgan fingerprint density at radius 2 is 1.95 bits per heavy atom. The maximum Gasteiger partial charge on any atom is 0.234 e. The largest absolute Gasteiger partial charge is 0.323 e. The molecule has 2 rings (SSSR count). The molecule has 2 aromatic rings. The molecule has 0 fully saturated rings. The minimum absolute atomic E-state index is 0.185. The van der Waals surface area contributed by atoms with E-state index in [0.29, 0.717) is 5.75 Å². The van der Waals surface area contributed by atoms with Crippen molar-refractivity contribution < 1.29 is 9.18 Å². The first-order chi connectivity index (χ1) is 10.1. The highest BCUT2D eigenvalue weighted by Crippen LogP contribution is 2.18. The van der Waals surface area contributed by atoms with E-state index in [1.807, 2.05) is 0 Å². The fourth-order valence-electron chi connectivity index (χ4n) is 1.96. The van der Waals surface area contributed by atoms with Crippen LogP contribution in [0.5, 0.6) is 0 Å². The second-order valence-corrected chi connectivity index (χ2v) is 5.94. The highest BCUT2D eigenvalue weighted by Gasteiger charge is 2.07. The molecule has 110 valence electrons. The Morgan fingerprint density at radius 3 is 2.71 bits per heavy atom. The number of halogens is 1. The molecular weight excluding hydrogens is 285 g/mol. The zero-order chi connectivity index (χ0) is 15.2. The lowest BCUT2D eigenvalue weighted by Crippen LogP contribution is -2.15. The van der Waals surface area contributed by atoms with E-state index < -0.39 is 5.82 Å². The molecule has 2 aromatic carbocycles. The summed E-state index contributed by atoms with van der Waals surface area (Å²) >= 11 is 1.53. The zero-order valence-corrected chi connectivity index (χ0v) is 13.0. The summed E-state index contributed by atoms with van der Waals surface area (Å²) < 4.78 is 13.4. The monoisotopic (exact) mass is 303 g/mol. The Labute approximate surface area is 128 Å². The highest BCUT2D eigenvalue weighted by molar-refractivity contribution is 7.99. The van der Waals surface area contributed by atoms with Crippen molar-refractivity contribution in [1.82, 2.24) is 0 Å². The predicted molar refractivity (Wildman–Crippen MR) is 87.1 cm³/mol. The molecule has 0 aliphatic heterocycles. The normalized spacial score (nSPS) is 10.4. The Morgan fingerprint density at radius 1 is 1.19 bits per heavy atom. The van der Waals surface area contributed by atoms with Gasteiger partial charge in [0.25, 0.3) is 0 Å². The average Bonchev–Trinajstić information content (AvgIpc) is 2.45. The van der Waals surface area contributed by atoms with Crippen molar-refractivity contribution in [2.45, 2.75) is 19.6 Å². The maximum atomic E-state index is 13.4. The molecule has 0 heterocycles. The number of para-hydroxylation sites is 1. The summed E-state index contributed by atoms with van der Waals surface area (Å²) in [7, 11) is 0. The van der Waals surface area contributed by atoms with Crippen LogP contribution in [-0.2, 0) is 10.5 Å². The maximum absolute atomic E-state index is 13.4. The van der Waals surface area contributed by atoms with Crippen LogP contribution in [0, 0.1) is 19.7 Å². The van der Waals surface area contributed by atoms with Gasteiger partial charge in [-0.2, -0.15) is 0 Å². The first kappa shape index (κ1) is 15.6. The molecule has 2 nitrogen and oxygen atoms in total. The Kier molecular flexibility index (Phi) is 5.39. The number of amides is 1. The molecule has 1 N–H and O–H groups in total. The fourth-order valence-corrected chi connectivity index (χ4v) is 2.85. The third-order valence-corrected chi connectivity index (χ3v) is 4.12. The molecule has 0 atom stereocenters. The lowest BCUT2D eigenvalue weighted by Gasteiger charge is -2.08.